The van der Waals surface area contributed by atoms with E-state index in [9.17, 15) is 4.79 Å². The van der Waals surface area contributed by atoms with Crippen molar-refractivity contribution in [2.24, 2.45) is 0 Å². The van der Waals surface area contributed by atoms with Gasteiger partial charge in [-0.25, -0.2) is 0 Å². The Hall–Kier alpha value is -2.29. The summed E-state index contributed by atoms with van der Waals surface area (Å²) < 4.78 is 0. The van der Waals surface area contributed by atoms with Crippen LogP contribution in [-0.4, -0.2) is 11.1 Å². The van der Waals surface area contributed by atoms with Crippen molar-refractivity contribution in [1.82, 2.24) is 0 Å². The van der Waals surface area contributed by atoms with Crippen LogP contribution in [0, 0.1) is 6.92 Å². The summed E-state index contributed by atoms with van der Waals surface area (Å²) in [5, 5.41) is 12.1. The molecule has 2 rings (SSSR count). The minimum atomic E-state index is -0.754. The number of aryl methyl sites for hydroxylation is 2. The number of aliphatic carboxylic acids is 1. The van der Waals surface area contributed by atoms with Gasteiger partial charge in [0.25, 0.3) is 0 Å². The minimum absolute atomic E-state index is 0.178. The average molecular weight is 269 g/mol. The highest BCUT2D eigenvalue weighted by atomic mass is 16.4. The van der Waals surface area contributed by atoms with E-state index in [1.807, 2.05) is 37.3 Å². The third kappa shape index (κ3) is 4.12. The maximum atomic E-state index is 10.6. The van der Waals surface area contributed by atoms with Gasteiger partial charge in [0.15, 0.2) is 0 Å². The van der Waals surface area contributed by atoms with Crippen LogP contribution in [-0.2, 0) is 17.8 Å². The summed E-state index contributed by atoms with van der Waals surface area (Å²) in [6.45, 7) is 2.81. The molecule has 0 saturated heterocycles. The van der Waals surface area contributed by atoms with Gasteiger partial charge < -0.3 is 10.4 Å². The van der Waals surface area contributed by atoms with Gasteiger partial charge in [-0.15, -0.1) is 0 Å². The van der Waals surface area contributed by atoms with Gasteiger partial charge in [0.05, 0.1) is 0 Å². The number of anilines is 1. The first-order chi connectivity index (χ1) is 9.65. The maximum Gasteiger partial charge on any atom is 0.303 e. The van der Waals surface area contributed by atoms with Gasteiger partial charge in [0, 0.05) is 18.7 Å². The second kappa shape index (κ2) is 6.75. The van der Waals surface area contributed by atoms with Gasteiger partial charge in [0.2, 0.25) is 0 Å². The van der Waals surface area contributed by atoms with Gasteiger partial charge in [0.1, 0.15) is 0 Å². The van der Waals surface area contributed by atoms with Crippen LogP contribution in [0.1, 0.15) is 23.1 Å². The second-order valence-corrected chi connectivity index (χ2v) is 4.87. The monoisotopic (exact) mass is 269 g/mol. The van der Waals surface area contributed by atoms with Crippen molar-refractivity contribution in [3.63, 3.8) is 0 Å². The third-order valence-electron chi connectivity index (χ3n) is 3.29. The lowest BCUT2D eigenvalue weighted by Gasteiger charge is -2.10. The van der Waals surface area contributed by atoms with E-state index in [2.05, 4.69) is 23.5 Å². The fourth-order valence-electron chi connectivity index (χ4n) is 2.13. The van der Waals surface area contributed by atoms with Crippen LogP contribution >= 0.6 is 0 Å². The molecule has 104 valence electrons. The predicted molar refractivity (Wildman–Crippen MR) is 80.9 cm³/mol. The molecule has 0 spiro atoms. The summed E-state index contributed by atoms with van der Waals surface area (Å²) in [6.07, 6.45) is 0.762. The molecule has 0 unspecified atom stereocenters. The Morgan fingerprint density at radius 3 is 2.55 bits per heavy atom. The number of nitrogens with one attached hydrogen (secondary N) is 1. The van der Waals surface area contributed by atoms with Crippen molar-refractivity contribution >= 4 is 11.7 Å². The van der Waals surface area contributed by atoms with Gasteiger partial charge in [-0.3, -0.25) is 4.79 Å². The molecule has 0 heterocycles. The molecule has 0 aliphatic rings. The number of benzene rings is 2. The quantitative estimate of drug-likeness (QED) is 0.842. The first-order valence-corrected chi connectivity index (χ1v) is 6.74. The maximum absolute atomic E-state index is 10.6. The SMILES string of the molecule is Cc1cc(NCc2ccccc2)ccc1CCC(=O)O. The zero-order valence-electron chi connectivity index (χ0n) is 11.6. The summed E-state index contributed by atoms with van der Waals surface area (Å²) in [7, 11) is 0. The van der Waals surface area contributed by atoms with E-state index in [0.29, 0.717) is 6.42 Å². The number of hydrogen-bond acceptors (Lipinski definition) is 2. The fourth-order valence-corrected chi connectivity index (χ4v) is 2.13. The topological polar surface area (TPSA) is 49.3 Å². The van der Waals surface area contributed by atoms with E-state index in [1.165, 1.54) is 5.56 Å². The molecule has 20 heavy (non-hydrogen) atoms. The highest BCUT2D eigenvalue weighted by Gasteiger charge is 2.03. The molecule has 0 aromatic heterocycles. The summed E-state index contributed by atoms with van der Waals surface area (Å²) in [4.78, 5) is 10.6. The van der Waals surface area contributed by atoms with Gasteiger partial charge in [-0.1, -0.05) is 36.4 Å². The summed E-state index contributed by atoms with van der Waals surface area (Å²) in [5.74, 6) is -0.754. The Labute approximate surface area is 119 Å². The third-order valence-corrected chi connectivity index (χ3v) is 3.29. The number of carbonyl (C=O) groups is 1. The molecule has 0 aliphatic carbocycles. The lowest BCUT2D eigenvalue weighted by Crippen LogP contribution is -2.02. The highest BCUT2D eigenvalue weighted by Crippen LogP contribution is 2.17. The molecule has 0 atom stereocenters. The molecule has 0 fully saturated rings. The van der Waals surface area contributed by atoms with Crippen LogP contribution in [0.25, 0.3) is 0 Å². The normalized spacial score (nSPS) is 10.2. The zero-order chi connectivity index (χ0) is 14.4. The smallest absolute Gasteiger partial charge is 0.303 e. The molecule has 2 aromatic carbocycles. The Morgan fingerprint density at radius 2 is 1.90 bits per heavy atom. The molecule has 3 nitrogen and oxygen atoms in total. The van der Waals surface area contributed by atoms with Gasteiger partial charge in [-0.05, 0) is 42.2 Å². The molecular formula is C17H19NO2. The van der Waals surface area contributed by atoms with E-state index in [4.69, 9.17) is 5.11 Å². The largest absolute Gasteiger partial charge is 0.481 e. The molecule has 0 radical (unpaired) electrons. The van der Waals surface area contributed by atoms with Crippen LogP contribution in [0.2, 0.25) is 0 Å². The molecule has 0 saturated carbocycles. The summed E-state index contributed by atoms with van der Waals surface area (Å²) in [6, 6.07) is 16.3. The van der Waals surface area contributed by atoms with Crippen molar-refractivity contribution in [2.75, 3.05) is 5.32 Å². The first-order valence-electron chi connectivity index (χ1n) is 6.74. The van der Waals surface area contributed by atoms with E-state index >= 15 is 0 Å². The van der Waals surface area contributed by atoms with Crippen LogP contribution in [0.15, 0.2) is 48.5 Å². The van der Waals surface area contributed by atoms with Gasteiger partial charge >= 0.3 is 5.97 Å². The lowest BCUT2D eigenvalue weighted by molar-refractivity contribution is -0.136. The Kier molecular flexibility index (Phi) is 4.77. The van der Waals surface area contributed by atoms with Crippen molar-refractivity contribution in [3.05, 3.63) is 65.2 Å². The number of carboxylic acid groups (broad SMARTS) is 1. The summed E-state index contributed by atoms with van der Waals surface area (Å²) in [5.41, 5.74) is 4.52. The number of hydrogen-bond donors (Lipinski definition) is 2. The summed E-state index contributed by atoms with van der Waals surface area (Å²) >= 11 is 0. The molecule has 0 aliphatic heterocycles. The van der Waals surface area contributed by atoms with Crippen molar-refractivity contribution < 1.29 is 9.90 Å². The van der Waals surface area contributed by atoms with Crippen LogP contribution in [0.3, 0.4) is 0 Å². The molecule has 0 bridgehead atoms. The van der Waals surface area contributed by atoms with E-state index in [0.717, 1.165) is 23.4 Å². The van der Waals surface area contributed by atoms with Gasteiger partial charge in [-0.2, -0.15) is 0 Å². The molecule has 2 N–H and O–H groups in total. The van der Waals surface area contributed by atoms with Crippen molar-refractivity contribution in [3.8, 4) is 0 Å². The molecule has 2 aromatic rings. The van der Waals surface area contributed by atoms with Crippen LogP contribution < -0.4 is 5.32 Å². The van der Waals surface area contributed by atoms with Crippen molar-refractivity contribution in [1.29, 1.82) is 0 Å². The first kappa shape index (κ1) is 14.1. The highest BCUT2D eigenvalue weighted by molar-refractivity contribution is 5.67. The molecule has 3 heteroatoms. The second-order valence-electron chi connectivity index (χ2n) is 4.87. The molecular weight excluding hydrogens is 250 g/mol. The zero-order valence-corrected chi connectivity index (χ0v) is 11.6. The Balaban J connectivity index is 1.96. The van der Waals surface area contributed by atoms with Crippen LogP contribution in [0.4, 0.5) is 5.69 Å². The predicted octanol–water partition coefficient (Wildman–Crippen LogP) is 3.62. The lowest BCUT2D eigenvalue weighted by atomic mass is 10.0. The van der Waals surface area contributed by atoms with Crippen molar-refractivity contribution in [2.45, 2.75) is 26.3 Å². The van der Waals surface area contributed by atoms with E-state index in [1.54, 1.807) is 0 Å². The number of rotatable bonds is 6. The number of carboxylic acids is 1. The molecule has 0 amide bonds. The van der Waals surface area contributed by atoms with Crippen LogP contribution in [0.5, 0.6) is 0 Å². The average Bonchev–Trinajstić information content (AvgIpc) is 2.45. The Bertz CT molecular complexity index is 579. The minimum Gasteiger partial charge on any atom is -0.481 e. The van der Waals surface area contributed by atoms with E-state index < -0.39 is 5.97 Å². The standard InChI is InChI=1S/C17H19NO2/c1-13-11-16(9-7-15(13)8-10-17(19)20)18-12-14-5-3-2-4-6-14/h2-7,9,11,18H,8,10,12H2,1H3,(H,19,20). The fraction of sp³-hybridized carbons (Fsp3) is 0.235. The van der Waals surface area contributed by atoms with E-state index in [-0.39, 0.29) is 6.42 Å². The Morgan fingerprint density at radius 1 is 1.15 bits per heavy atom.